The minimum atomic E-state index is -2.39. The number of halogens is 8. The average molecular weight is 595 g/mol. The van der Waals surface area contributed by atoms with E-state index in [0.29, 0.717) is 50.9 Å². The molecule has 3 nitrogen and oxygen atoms in total. The van der Waals surface area contributed by atoms with Crippen molar-refractivity contribution in [3.8, 4) is 22.6 Å². The highest BCUT2D eigenvalue weighted by Crippen LogP contribution is 2.42. The Morgan fingerprint density at radius 1 is 0.610 bits per heavy atom. The largest absolute Gasteiger partial charge is 0.487 e. The van der Waals surface area contributed by atoms with Crippen LogP contribution in [0.4, 0.5) is 35.1 Å². The van der Waals surface area contributed by atoms with Gasteiger partial charge in [0.1, 0.15) is 0 Å². The molecule has 0 unspecified atom stereocenters. The standard InChI is InChI=1S/C30H34F8O3/c1-3-5-7-8-10-16-11-13-17(14-12-16)30(39)41-29-26(37)22(33)19(23(34)27(29)38)18-20(31)24(35)28(25(36)21(18)32)40-15-9-6-4-2/h16-17H,3-15H2,1-2H3/t16-,17-. The van der Waals surface area contributed by atoms with Crippen LogP contribution in [-0.4, -0.2) is 12.6 Å². The highest BCUT2D eigenvalue weighted by Gasteiger charge is 2.37. The number of hydrogen-bond acceptors (Lipinski definition) is 3. The van der Waals surface area contributed by atoms with E-state index >= 15 is 0 Å². The van der Waals surface area contributed by atoms with Gasteiger partial charge in [-0.1, -0.05) is 58.8 Å². The summed E-state index contributed by atoms with van der Waals surface area (Å²) in [7, 11) is 0. The third kappa shape index (κ3) is 7.33. The average Bonchev–Trinajstić information content (AvgIpc) is 2.97. The maximum absolute atomic E-state index is 14.9. The summed E-state index contributed by atoms with van der Waals surface area (Å²) in [4.78, 5) is 12.6. The fourth-order valence-electron chi connectivity index (χ4n) is 5.14. The van der Waals surface area contributed by atoms with Gasteiger partial charge in [-0.25, -0.2) is 17.6 Å². The van der Waals surface area contributed by atoms with Gasteiger partial charge < -0.3 is 9.47 Å². The summed E-state index contributed by atoms with van der Waals surface area (Å²) in [5, 5.41) is 0. The molecule has 0 N–H and O–H groups in total. The Labute approximate surface area is 234 Å². The van der Waals surface area contributed by atoms with Crippen LogP contribution in [0.5, 0.6) is 11.5 Å². The Bertz CT molecular complexity index is 1170. The molecule has 228 valence electrons. The molecule has 2 aromatic rings. The highest BCUT2D eigenvalue weighted by molar-refractivity contribution is 5.76. The van der Waals surface area contributed by atoms with Crippen LogP contribution >= 0.6 is 0 Å². The molecule has 0 radical (unpaired) electrons. The van der Waals surface area contributed by atoms with Crippen LogP contribution in [0.25, 0.3) is 11.1 Å². The summed E-state index contributed by atoms with van der Waals surface area (Å²) in [6.45, 7) is 3.61. The van der Waals surface area contributed by atoms with Gasteiger partial charge >= 0.3 is 5.97 Å². The van der Waals surface area contributed by atoms with Crippen LogP contribution in [0.2, 0.25) is 0 Å². The van der Waals surface area contributed by atoms with Crippen molar-refractivity contribution in [3.05, 3.63) is 46.5 Å². The molecule has 0 aromatic heterocycles. The predicted octanol–water partition coefficient (Wildman–Crippen LogP) is 9.72. The topological polar surface area (TPSA) is 35.5 Å². The van der Waals surface area contributed by atoms with E-state index in [2.05, 4.69) is 11.7 Å². The minimum absolute atomic E-state index is 0.292. The van der Waals surface area contributed by atoms with Crippen molar-refractivity contribution in [2.24, 2.45) is 11.8 Å². The maximum Gasteiger partial charge on any atom is 0.314 e. The van der Waals surface area contributed by atoms with E-state index in [9.17, 15) is 39.9 Å². The summed E-state index contributed by atoms with van der Waals surface area (Å²) in [5.74, 6) is -23.0. The molecule has 0 heterocycles. The second-order valence-corrected chi connectivity index (χ2v) is 10.5. The molecule has 2 aromatic carbocycles. The molecule has 1 aliphatic carbocycles. The van der Waals surface area contributed by atoms with Gasteiger partial charge in [-0.2, -0.15) is 17.6 Å². The molecule has 0 saturated heterocycles. The quantitative estimate of drug-likeness (QED) is 0.0762. The second-order valence-electron chi connectivity index (χ2n) is 10.5. The molecular weight excluding hydrogens is 560 g/mol. The first-order valence-electron chi connectivity index (χ1n) is 14.1. The third-order valence-corrected chi connectivity index (χ3v) is 7.54. The Morgan fingerprint density at radius 3 is 1.56 bits per heavy atom. The van der Waals surface area contributed by atoms with Crippen LogP contribution in [0.3, 0.4) is 0 Å². The van der Waals surface area contributed by atoms with E-state index in [-0.39, 0.29) is 6.61 Å². The van der Waals surface area contributed by atoms with Gasteiger partial charge in [-0.15, -0.1) is 0 Å². The maximum atomic E-state index is 14.9. The van der Waals surface area contributed by atoms with Crippen LogP contribution in [-0.2, 0) is 4.79 Å². The normalized spacial score (nSPS) is 17.1. The van der Waals surface area contributed by atoms with E-state index in [1.54, 1.807) is 0 Å². The summed E-state index contributed by atoms with van der Waals surface area (Å²) in [6, 6.07) is 0. The third-order valence-electron chi connectivity index (χ3n) is 7.54. The van der Waals surface area contributed by atoms with Gasteiger partial charge in [0.15, 0.2) is 29.0 Å². The molecule has 0 spiro atoms. The Balaban J connectivity index is 1.83. The van der Waals surface area contributed by atoms with Crippen LogP contribution in [0, 0.1) is 58.4 Å². The molecular formula is C30H34F8O3. The van der Waals surface area contributed by atoms with E-state index in [1.807, 2.05) is 6.92 Å². The van der Waals surface area contributed by atoms with Gasteiger partial charge in [0.25, 0.3) is 0 Å². The van der Waals surface area contributed by atoms with Crippen LogP contribution in [0.1, 0.15) is 90.9 Å². The number of rotatable bonds is 13. The molecule has 1 aliphatic rings. The lowest BCUT2D eigenvalue weighted by Gasteiger charge is -2.27. The number of carbonyl (C=O) groups is 1. The Morgan fingerprint density at radius 2 is 1.07 bits per heavy atom. The van der Waals surface area contributed by atoms with Crippen molar-refractivity contribution in [1.82, 2.24) is 0 Å². The number of esters is 1. The zero-order chi connectivity index (χ0) is 30.3. The first-order valence-corrected chi connectivity index (χ1v) is 14.1. The van der Waals surface area contributed by atoms with Crippen molar-refractivity contribution >= 4 is 5.97 Å². The van der Waals surface area contributed by atoms with Crippen molar-refractivity contribution in [2.75, 3.05) is 6.61 Å². The fraction of sp³-hybridized carbons (Fsp3) is 0.567. The van der Waals surface area contributed by atoms with Gasteiger partial charge in [0.05, 0.1) is 23.7 Å². The number of carbonyl (C=O) groups excluding carboxylic acids is 1. The monoisotopic (exact) mass is 594 g/mol. The Kier molecular flexibility index (Phi) is 11.8. The first kappa shape index (κ1) is 32.7. The summed E-state index contributed by atoms with van der Waals surface area (Å²) in [5.41, 5.74) is -4.04. The van der Waals surface area contributed by atoms with Crippen molar-refractivity contribution in [3.63, 3.8) is 0 Å². The molecule has 11 heteroatoms. The molecule has 3 rings (SSSR count). The first-order chi connectivity index (χ1) is 19.5. The number of ether oxygens (including phenoxy) is 2. The van der Waals surface area contributed by atoms with Crippen molar-refractivity contribution in [1.29, 1.82) is 0 Å². The number of benzene rings is 2. The zero-order valence-corrected chi connectivity index (χ0v) is 23.1. The summed E-state index contributed by atoms with van der Waals surface area (Å²) in [6.07, 6.45) is 9.01. The molecule has 0 amide bonds. The number of unbranched alkanes of at least 4 members (excludes halogenated alkanes) is 5. The van der Waals surface area contributed by atoms with Gasteiger partial charge in [-0.3, -0.25) is 4.79 Å². The predicted molar refractivity (Wildman–Crippen MR) is 136 cm³/mol. The van der Waals surface area contributed by atoms with E-state index in [4.69, 9.17) is 4.74 Å². The molecule has 0 atom stereocenters. The SMILES string of the molecule is CCCCCC[C@H]1CC[C@H](C(=O)Oc2c(F)c(F)c(-c3c(F)c(F)c(OCCCCC)c(F)c3F)c(F)c2F)CC1. The smallest absolute Gasteiger partial charge is 0.314 e. The van der Waals surface area contributed by atoms with Gasteiger partial charge in [0.2, 0.25) is 29.0 Å². The lowest BCUT2D eigenvalue weighted by molar-refractivity contribution is -0.140. The summed E-state index contributed by atoms with van der Waals surface area (Å²) >= 11 is 0. The van der Waals surface area contributed by atoms with E-state index in [1.165, 1.54) is 0 Å². The lowest BCUT2D eigenvalue weighted by atomic mass is 9.80. The van der Waals surface area contributed by atoms with Gasteiger partial charge in [-0.05, 0) is 38.0 Å². The van der Waals surface area contributed by atoms with Gasteiger partial charge in [0, 0.05) is 0 Å². The molecule has 0 aliphatic heterocycles. The summed E-state index contributed by atoms with van der Waals surface area (Å²) < 4.78 is 128. The van der Waals surface area contributed by atoms with E-state index < -0.39 is 81.1 Å². The fourth-order valence-corrected chi connectivity index (χ4v) is 5.14. The number of hydrogen-bond donors (Lipinski definition) is 0. The molecule has 0 bridgehead atoms. The Hall–Kier alpha value is -2.85. The van der Waals surface area contributed by atoms with Crippen molar-refractivity contribution < 1.29 is 49.4 Å². The minimum Gasteiger partial charge on any atom is -0.487 e. The van der Waals surface area contributed by atoms with Crippen LogP contribution in [0.15, 0.2) is 0 Å². The zero-order valence-electron chi connectivity index (χ0n) is 23.1. The highest BCUT2D eigenvalue weighted by atomic mass is 19.2. The molecule has 1 saturated carbocycles. The van der Waals surface area contributed by atoms with Crippen molar-refractivity contribution in [2.45, 2.75) is 90.9 Å². The lowest BCUT2D eigenvalue weighted by Crippen LogP contribution is -2.26. The van der Waals surface area contributed by atoms with E-state index in [0.717, 1.165) is 32.1 Å². The second kappa shape index (κ2) is 14.9. The molecule has 41 heavy (non-hydrogen) atoms. The van der Waals surface area contributed by atoms with Crippen LogP contribution < -0.4 is 9.47 Å². The molecule has 1 fully saturated rings.